The number of aromatic nitrogens is 3. The molecular weight excluding hydrogens is 296 g/mol. The molecule has 0 radical (unpaired) electrons. The zero-order valence-corrected chi connectivity index (χ0v) is 13.1. The van der Waals surface area contributed by atoms with Crippen LogP contribution in [0.5, 0.6) is 0 Å². The van der Waals surface area contributed by atoms with Crippen molar-refractivity contribution in [2.45, 2.75) is 17.8 Å². The Balaban J connectivity index is 0.00000200. The fourth-order valence-corrected chi connectivity index (χ4v) is 2.60. The molecule has 1 atom stereocenters. The van der Waals surface area contributed by atoms with Gasteiger partial charge in [0.2, 0.25) is 0 Å². The standard InChI is InChI=1S/C13H18N4OS.ClH/c1-14-8-12-15-16-13(17(12)2)19-9-11(18)10-6-4-3-5-7-10;/h3-7,11,14,18H,8-9H2,1-2H3;1H. The van der Waals surface area contributed by atoms with Crippen LogP contribution in [0.2, 0.25) is 0 Å². The van der Waals surface area contributed by atoms with Gasteiger partial charge in [-0.15, -0.1) is 22.6 Å². The van der Waals surface area contributed by atoms with Gasteiger partial charge in [0, 0.05) is 12.8 Å². The van der Waals surface area contributed by atoms with E-state index in [1.165, 1.54) is 11.8 Å². The smallest absolute Gasteiger partial charge is 0.191 e. The molecule has 1 aromatic heterocycles. The SMILES string of the molecule is CNCc1nnc(SCC(O)c2ccccc2)n1C.Cl. The predicted octanol–water partition coefficient (Wildman–Crippen LogP) is 1.78. The maximum atomic E-state index is 10.1. The molecule has 0 spiro atoms. The number of nitrogens with zero attached hydrogens (tertiary/aromatic N) is 3. The fraction of sp³-hybridized carbons (Fsp3) is 0.385. The molecule has 2 rings (SSSR count). The Morgan fingerprint density at radius 1 is 1.30 bits per heavy atom. The minimum Gasteiger partial charge on any atom is -0.388 e. The second-order valence-corrected chi connectivity index (χ2v) is 5.21. The quantitative estimate of drug-likeness (QED) is 0.796. The molecule has 0 aliphatic heterocycles. The van der Waals surface area contributed by atoms with Crippen LogP contribution in [-0.2, 0) is 13.6 Å². The second kappa shape index (κ2) is 8.26. The van der Waals surface area contributed by atoms with E-state index in [-0.39, 0.29) is 12.4 Å². The van der Waals surface area contributed by atoms with Gasteiger partial charge in [-0.25, -0.2) is 0 Å². The molecule has 0 bridgehead atoms. The van der Waals surface area contributed by atoms with Crippen molar-refractivity contribution < 1.29 is 5.11 Å². The van der Waals surface area contributed by atoms with Crippen LogP contribution in [0.15, 0.2) is 35.5 Å². The third-order valence-corrected chi connectivity index (χ3v) is 3.91. The fourth-order valence-electron chi connectivity index (χ4n) is 1.71. The Morgan fingerprint density at radius 3 is 2.65 bits per heavy atom. The number of halogens is 1. The lowest BCUT2D eigenvalue weighted by atomic mass is 10.1. The van der Waals surface area contributed by atoms with Crippen molar-refractivity contribution in [1.82, 2.24) is 20.1 Å². The van der Waals surface area contributed by atoms with Crippen LogP contribution in [0.4, 0.5) is 0 Å². The van der Waals surface area contributed by atoms with E-state index in [0.717, 1.165) is 16.5 Å². The first-order chi connectivity index (χ1) is 9.22. The van der Waals surface area contributed by atoms with Gasteiger partial charge in [-0.1, -0.05) is 42.1 Å². The molecule has 20 heavy (non-hydrogen) atoms. The highest BCUT2D eigenvalue weighted by molar-refractivity contribution is 7.99. The summed E-state index contributed by atoms with van der Waals surface area (Å²) in [4.78, 5) is 0. The van der Waals surface area contributed by atoms with E-state index in [0.29, 0.717) is 12.3 Å². The lowest BCUT2D eigenvalue weighted by Gasteiger charge is -2.10. The van der Waals surface area contributed by atoms with Crippen LogP contribution in [0.3, 0.4) is 0 Å². The second-order valence-electron chi connectivity index (χ2n) is 4.23. The van der Waals surface area contributed by atoms with Crippen LogP contribution in [-0.4, -0.2) is 32.7 Å². The maximum absolute atomic E-state index is 10.1. The Labute approximate surface area is 129 Å². The van der Waals surface area contributed by atoms with Crippen molar-refractivity contribution in [2.75, 3.05) is 12.8 Å². The Morgan fingerprint density at radius 2 is 2.00 bits per heavy atom. The number of rotatable bonds is 6. The van der Waals surface area contributed by atoms with Gasteiger partial charge in [0.15, 0.2) is 5.16 Å². The average molecular weight is 315 g/mol. The number of thioether (sulfide) groups is 1. The van der Waals surface area contributed by atoms with E-state index in [1.807, 2.05) is 49.0 Å². The van der Waals surface area contributed by atoms with E-state index in [9.17, 15) is 5.11 Å². The monoisotopic (exact) mass is 314 g/mol. The minimum absolute atomic E-state index is 0. The van der Waals surface area contributed by atoms with E-state index in [4.69, 9.17) is 0 Å². The van der Waals surface area contributed by atoms with Crippen LogP contribution in [0.1, 0.15) is 17.5 Å². The van der Waals surface area contributed by atoms with E-state index in [2.05, 4.69) is 15.5 Å². The molecule has 0 amide bonds. The van der Waals surface area contributed by atoms with Crippen molar-refractivity contribution in [3.8, 4) is 0 Å². The van der Waals surface area contributed by atoms with E-state index >= 15 is 0 Å². The highest BCUT2D eigenvalue weighted by Crippen LogP contribution is 2.23. The largest absolute Gasteiger partial charge is 0.388 e. The summed E-state index contributed by atoms with van der Waals surface area (Å²) in [5.74, 6) is 1.45. The lowest BCUT2D eigenvalue weighted by Crippen LogP contribution is -2.10. The van der Waals surface area contributed by atoms with Crippen molar-refractivity contribution >= 4 is 24.2 Å². The molecule has 2 aromatic rings. The average Bonchev–Trinajstić information content (AvgIpc) is 2.79. The van der Waals surface area contributed by atoms with Gasteiger partial charge in [-0.05, 0) is 12.6 Å². The van der Waals surface area contributed by atoms with Crippen molar-refractivity contribution in [3.05, 3.63) is 41.7 Å². The van der Waals surface area contributed by atoms with Gasteiger partial charge in [0.05, 0.1) is 12.6 Å². The van der Waals surface area contributed by atoms with Gasteiger partial charge in [-0.2, -0.15) is 0 Å². The number of aliphatic hydroxyl groups excluding tert-OH is 1. The van der Waals surface area contributed by atoms with Gasteiger partial charge >= 0.3 is 0 Å². The predicted molar refractivity (Wildman–Crippen MR) is 83.1 cm³/mol. The van der Waals surface area contributed by atoms with Gasteiger partial charge in [0.1, 0.15) is 5.82 Å². The summed E-state index contributed by atoms with van der Waals surface area (Å²) < 4.78 is 1.94. The number of benzene rings is 1. The van der Waals surface area contributed by atoms with Crippen LogP contribution in [0, 0.1) is 0 Å². The number of hydrogen-bond donors (Lipinski definition) is 2. The molecule has 7 heteroatoms. The molecule has 0 saturated heterocycles. The molecule has 0 aliphatic carbocycles. The van der Waals surface area contributed by atoms with Crippen molar-refractivity contribution in [2.24, 2.45) is 7.05 Å². The third kappa shape index (κ3) is 4.21. The summed E-state index contributed by atoms with van der Waals surface area (Å²) in [6.07, 6.45) is -0.490. The summed E-state index contributed by atoms with van der Waals surface area (Å²) in [5.41, 5.74) is 0.924. The highest BCUT2D eigenvalue weighted by atomic mass is 35.5. The lowest BCUT2D eigenvalue weighted by molar-refractivity contribution is 0.204. The molecule has 0 fully saturated rings. The maximum Gasteiger partial charge on any atom is 0.191 e. The zero-order valence-electron chi connectivity index (χ0n) is 11.5. The zero-order chi connectivity index (χ0) is 13.7. The molecule has 1 heterocycles. The Hall–Kier alpha value is -1.08. The molecule has 0 aliphatic rings. The third-order valence-electron chi connectivity index (χ3n) is 2.81. The number of nitrogens with one attached hydrogen (secondary N) is 1. The normalized spacial score (nSPS) is 11.9. The molecule has 0 saturated carbocycles. The van der Waals surface area contributed by atoms with Crippen LogP contribution in [0.25, 0.3) is 0 Å². The first kappa shape index (κ1) is 17.0. The van der Waals surface area contributed by atoms with Crippen LogP contribution >= 0.6 is 24.2 Å². The van der Waals surface area contributed by atoms with Gasteiger partial charge in [0.25, 0.3) is 0 Å². The van der Waals surface area contributed by atoms with Gasteiger partial charge < -0.3 is 15.0 Å². The summed E-state index contributed by atoms with van der Waals surface area (Å²) in [5, 5.41) is 22.2. The first-order valence-electron chi connectivity index (χ1n) is 6.11. The van der Waals surface area contributed by atoms with E-state index in [1.54, 1.807) is 0 Å². The highest BCUT2D eigenvalue weighted by Gasteiger charge is 2.12. The van der Waals surface area contributed by atoms with Crippen molar-refractivity contribution in [1.29, 1.82) is 0 Å². The van der Waals surface area contributed by atoms with Gasteiger partial charge in [-0.3, -0.25) is 0 Å². The van der Waals surface area contributed by atoms with Crippen LogP contribution < -0.4 is 5.32 Å². The minimum atomic E-state index is -0.490. The first-order valence-corrected chi connectivity index (χ1v) is 7.09. The number of hydrogen-bond acceptors (Lipinski definition) is 5. The molecule has 1 aromatic carbocycles. The van der Waals surface area contributed by atoms with E-state index < -0.39 is 6.10 Å². The summed E-state index contributed by atoms with van der Waals surface area (Å²) >= 11 is 1.51. The summed E-state index contributed by atoms with van der Waals surface area (Å²) in [6.45, 7) is 0.686. The molecule has 5 nitrogen and oxygen atoms in total. The Bertz CT molecular complexity index is 520. The van der Waals surface area contributed by atoms with Crippen molar-refractivity contribution in [3.63, 3.8) is 0 Å². The summed E-state index contributed by atoms with van der Waals surface area (Å²) in [7, 11) is 3.81. The Kier molecular flexibility index (Phi) is 7.01. The topological polar surface area (TPSA) is 63.0 Å². The molecule has 110 valence electrons. The molecule has 1 unspecified atom stereocenters. The molecule has 2 N–H and O–H groups in total. The summed E-state index contributed by atoms with van der Waals surface area (Å²) in [6, 6.07) is 9.64. The molecular formula is C13H19ClN4OS. The number of aliphatic hydroxyl groups is 1.